The predicted molar refractivity (Wildman–Crippen MR) is 105 cm³/mol. The van der Waals surface area contributed by atoms with Crippen LogP contribution in [0.3, 0.4) is 0 Å². The number of amides is 1. The Kier molecular flexibility index (Phi) is 7.21. The molecule has 0 atom stereocenters. The summed E-state index contributed by atoms with van der Waals surface area (Å²) in [6.45, 7) is 6.35. The van der Waals surface area contributed by atoms with E-state index in [0.29, 0.717) is 11.3 Å². The average Bonchev–Trinajstić information content (AvgIpc) is 2.66. The second-order valence-electron chi connectivity index (χ2n) is 5.83. The minimum Gasteiger partial charge on any atom is -0.462 e. The van der Waals surface area contributed by atoms with Crippen LogP contribution in [0.5, 0.6) is 0 Å². The highest BCUT2D eigenvalue weighted by molar-refractivity contribution is 6.02. The van der Waals surface area contributed by atoms with E-state index in [9.17, 15) is 9.59 Å². The van der Waals surface area contributed by atoms with E-state index >= 15 is 0 Å². The van der Waals surface area contributed by atoms with Crippen LogP contribution in [0.25, 0.3) is 0 Å². The Morgan fingerprint density at radius 2 is 1.58 bits per heavy atom. The number of anilines is 2. The van der Waals surface area contributed by atoms with Crippen molar-refractivity contribution in [2.45, 2.75) is 33.6 Å². The van der Waals surface area contributed by atoms with Crippen LogP contribution in [-0.4, -0.2) is 25.0 Å². The molecule has 2 N–H and O–H groups in total. The van der Waals surface area contributed by atoms with Gasteiger partial charge in [-0.2, -0.15) is 0 Å². The quantitative estimate of drug-likeness (QED) is 0.702. The second-order valence-corrected chi connectivity index (χ2v) is 5.83. The molecule has 0 saturated heterocycles. The maximum absolute atomic E-state index is 12.4. The molecular weight excluding hydrogens is 328 g/mol. The fraction of sp³-hybridized carbons (Fsp3) is 0.333. The van der Waals surface area contributed by atoms with Crippen LogP contribution < -0.4 is 10.6 Å². The summed E-state index contributed by atoms with van der Waals surface area (Å²) in [7, 11) is 0. The minimum atomic E-state index is -0.444. The first kappa shape index (κ1) is 19.5. The monoisotopic (exact) mass is 354 g/mol. The van der Waals surface area contributed by atoms with Gasteiger partial charge in [-0.3, -0.25) is 4.79 Å². The molecule has 0 aliphatic carbocycles. The van der Waals surface area contributed by atoms with Gasteiger partial charge < -0.3 is 15.4 Å². The van der Waals surface area contributed by atoms with Crippen molar-refractivity contribution in [3.63, 3.8) is 0 Å². The zero-order chi connectivity index (χ0) is 18.9. The van der Waals surface area contributed by atoms with E-state index in [0.717, 1.165) is 18.5 Å². The van der Waals surface area contributed by atoms with E-state index in [1.165, 1.54) is 11.1 Å². The second kappa shape index (κ2) is 9.61. The molecular formula is C21H26N2O3. The van der Waals surface area contributed by atoms with Crippen LogP contribution in [0.15, 0.2) is 42.5 Å². The van der Waals surface area contributed by atoms with Gasteiger partial charge in [0.05, 0.1) is 24.4 Å². The maximum atomic E-state index is 12.4. The molecule has 5 nitrogen and oxygen atoms in total. The number of benzene rings is 2. The summed E-state index contributed by atoms with van der Waals surface area (Å²) in [6.07, 6.45) is 1.78. The molecule has 1 amide bonds. The number of aryl methyl sites for hydroxylation is 2. The summed E-state index contributed by atoms with van der Waals surface area (Å²) in [5.41, 5.74) is 4.20. The lowest BCUT2D eigenvalue weighted by atomic mass is 10.0. The number of para-hydroxylation sites is 2. The predicted octanol–water partition coefficient (Wildman–Crippen LogP) is 4.04. The van der Waals surface area contributed by atoms with Crippen molar-refractivity contribution in [1.82, 2.24) is 0 Å². The molecule has 0 saturated carbocycles. The Morgan fingerprint density at radius 3 is 2.19 bits per heavy atom. The molecule has 0 heterocycles. The summed E-state index contributed by atoms with van der Waals surface area (Å²) >= 11 is 0. The van der Waals surface area contributed by atoms with E-state index in [1.807, 2.05) is 6.07 Å². The highest BCUT2D eigenvalue weighted by atomic mass is 16.5. The number of esters is 1. The third-order valence-corrected chi connectivity index (χ3v) is 4.12. The zero-order valence-corrected chi connectivity index (χ0v) is 15.6. The fourth-order valence-corrected chi connectivity index (χ4v) is 2.81. The molecule has 0 unspecified atom stereocenters. The minimum absolute atomic E-state index is 0.126. The number of carbonyl (C=O) groups is 2. The van der Waals surface area contributed by atoms with Gasteiger partial charge >= 0.3 is 5.97 Å². The van der Waals surface area contributed by atoms with Crippen molar-refractivity contribution >= 4 is 23.3 Å². The molecule has 0 aliphatic rings. The molecule has 0 spiro atoms. The van der Waals surface area contributed by atoms with Crippen molar-refractivity contribution in [3.8, 4) is 0 Å². The fourth-order valence-electron chi connectivity index (χ4n) is 2.81. The molecule has 0 radical (unpaired) electrons. The third-order valence-electron chi connectivity index (χ3n) is 4.12. The van der Waals surface area contributed by atoms with E-state index in [1.54, 1.807) is 31.2 Å². The van der Waals surface area contributed by atoms with Crippen LogP contribution >= 0.6 is 0 Å². The van der Waals surface area contributed by atoms with Gasteiger partial charge in [0, 0.05) is 5.69 Å². The highest BCUT2D eigenvalue weighted by Crippen LogP contribution is 2.22. The number of rotatable bonds is 8. The average molecular weight is 354 g/mol. The molecule has 0 fully saturated rings. The Labute approximate surface area is 154 Å². The molecule has 0 aliphatic heterocycles. The van der Waals surface area contributed by atoms with Crippen molar-refractivity contribution in [2.24, 2.45) is 0 Å². The van der Waals surface area contributed by atoms with Gasteiger partial charge in [-0.15, -0.1) is 0 Å². The van der Waals surface area contributed by atoms with E-state index in [-0.39, 0.29) is 19.1 Å². The zero-order valence-electron chi connectivity index (χ0n) is 15.6. The summed E-state index contributed by atoms with van der Waals surface area (Å²) in [6, 6.07) is 13.0. The van der Waals surface area contributed by atoms with Gasteiger partial charge in [0.2, 0.25) is 5.91 Å². The van der Waals surface area contributed by atoms with Crippen molar-refractivity contribution in [3.05, 3.63) is 59.2 Å². The summed E-state index contributed by atoms with van der Waals surface area (Å²) in [5, 5.41) is 6.04. The van der Waals surface area contributed by atoms with Gasteiger partial charge in [-0.05, 0) is 43.0 Å². The number of carbonyl (C=O) groups excluding carboxylic acids is 2. The third kappa shape index (κ3) is 4.85. The van der Waals surface area contributed by atoms with Crippen molar-refractivity contribution in [1.29, 1.82) is 0 Å². The molecule has 0 aromatic heterocycles. The normalized spacial score (nSPS) is 10.3. The largest absolute Gasteiger partial charge is 0.462 e. The van der Waals surface area contributed by atoms with Gasteiger partial charge in [-0.1, -0.05) is 44.2 Å². The molecule has 2 aromatic rings. The van der Waals surface area contributed by atoms with Gasteiger partial charge in [0.15, 0.2) is 0 Å². The van der Waals surface area contributed by atoms with Gasteiger partial charge in [0.1, 0.15) is 0 Å². The lowest BCUT2D eigenvalue weighted by molar-refractivity contribution is -0.114. The van der Waals surface area contributed by atoms with Crippen LogP contribution in [0.2, 0.25) is 0 Å². The summed E-state index contributed by atoms with van der Waals surface area (Å²) < 4.78 is 5.03. The number of hydrogen-bond donors (Lipinski definition) is 2. The molecule has 26 heavy (non-hydrogen) atoms. The van der Waals surface area contributed by atoms with Gasteiger partial charge in [-0.25, -0.2) is 4.79 Å². The van der Waals surface area contributed by atoms with E-state index in [2.05, 4.69) is 36.6 Å². The highest BCUT2D eigenvalue weighted by Gasteiger charge is 2.14. The Hall–Kier alpha value is -2.82. The standard InChI is InChI=1S/C21H26N2O3/c1-4-15-10-9-11-16(5-2)20(15)22-14-19(24)23-18-13-8-7-12-17(18)21(25)26-6-3/h7-13,22H,4-6,14H2,1-3H3,(H,23,24). The number of nitrogens with one attached hydrogen (secondary N) is 2. The number of hydrogen-bond acceptors (Lipinski definition) is 4. The maximum Gasteiger partial charge on any atom is 0.340 e. The van der Waals surface area contributed by atoms with Crippen LogP contribution in [0.1, 0.15) is 42.3 Å². The van der Waals surface area contributed by atoms with Crippen molar-refractivity contribution in [2.75, 3.05) is 23.8 Å². The summed E-state index contributed by atoms with van der Waals surface area (Å²) in [5.74, 6) is -0.657. The molecule has 5 heteroatoms. The molecule has 2 aromatic carbocycles. The van der Waals surface area contributed by atoms with Crippen LogP contribution in [-0.2, 0) is 22.4 Å². The number of ether oxygens (including phenoxy) is 1. The molecule has 0 bridgehead atoms. The topological polar surface area (TPSA) is 67.4 Å². The first-order valence-electron chi connectivity index (χ1n) is 9.01. The lowest BCUT2D eigenvalue weighted by Crippen LogP contribution is -2.24. The van der Waals surface area contributed by atoms with Crippen LogP contribution in [0, 0.1) is 0 Å². The van der Waals surface area contributed by atoms with Gasteiger partial charge in [0.25, 0.3) is 0 Å². The first-order valence-corrected chi connectivity index (χ1v) is 9.01. The first-order chi connectivity index (χ1) is 12.6. The Morgan fingerprint density at radius 1 is 0.923 bits per heavy atom. The van der Waals surface area contributed by atoms with Crippen LogP contribution in [0.4, 0.5) is 11.4 Å². The Balaban J connectivity index is 2.08. The van der Waals surface area contributed by atoms with E-state index in [4.69, 9.17) is 4.74 Å². The lowest BCUT2D eigenvalue weighted by Gasteiger charge is -2.16. The smallest absolute Gasteiger partial charge is 0.340 e. The van der Waals surface area contributed by atoms with Crippen molar-refractivity contribution < 1.29 is 14.3 Å². The van der Waals surface area contributed by atoms with E-state index < -0.39 is 5.97 Å². The Bertz CT molecular complexity index is 749. The molecule has 138 valence electrons. The SMILES string of the molecule is CCOC(=O)c1ccccc1NC(=O)CNc1c(CC)cccc1CC. The molecule has 2 rings (SSSR count). The summed E-state index contributed by atoms with van der Waals surface area (Å²) in [4.78, 5) is 24.4.